The van der Waals surface area contributed by atoms with Crippen LogP contribution >= 0.6 is 0 Å². The minimum absolute atomic E-state index is 0.0706. The first-order valence-corrected chi connectivity index (χ1v) is 4.44. The Labute approximate surface area is 79.0 Å². The Morgan fingerprint density at radius 3 is 2.62 bits per heavy atom. The number of rotatable bonds is 3. The van der Waals surface area contributed by atoms with Crippen LogP contribution in [-0.4, -0.2) is 5.91 Å². The molecule has 2 nitrogen and oxygen atoms in total. The zero-order chi connectivity index (χ0) is 9.68. The highest BCUT2D eigenvalue weighted by molar-refractivity contribution is 5.90. The van der Waals surface area contributed by atoms with Crippen LogP contribution in [-0.2, 0) is 4.79 Å². The van der Waals surface area contributed by atoms with Gasteiger partial charge in [0, 0.05) is 12.1 Å². The monoisotopic (exact) mass is 176 g/mol. The van der Waals surface area contributed by atoms with Gasteiger partial charge in [-0.15, -0.1) is 0 Å². The third-order valence-corrected chi connectivity index (χ3v) is 1.60. The molecule has 0 aliphatic heterocycles. The van der Waals surface area contributed by atoms with Gasteiger partial charge in [-0.25, -0.2) is 0 Å². The van der Waals surface area contributed by atoms with E-state index in [0.29, 0.717) is 12.3 Å². The molecule has 2 heteroatoms. The SMILES string of the molecule is CC(C)CC(=O)Nc1cc[c]cc1. The molecular formula is C11H14NO. The second-order valence-electron chi connectivity index (χ2n) is 3.43. The summed E-state index contributed by atoms with van der Waals surface area (Å²) < 4.78 is 0. The molecule has 69 valence electrons. The predicted molar refractivity (Wildman–Crippen MR) is 53.4 cm³/mol. The van der Waals surface area contributed by atoms with E-state index in [9.17, 15) is 4.79 Å². The maximum atomic E-state index is 11.3. The fraction of sp³-hybridized carbons (Fsp3) is 0.364. The van der Waals surface area contributed by atoms with Gasteiger partial charge < -0.3 is 5.32 Å². The number of benzene rings is 1. The summed E-state index contributed by atoms with van der Waals surface area (Å²) in [5, 5.41) is 2.81. The van der Waals surface area contributed by atoms with Crippen LogP contribution in [0.3, 0.4) is 0 Å². The molecule has 1 N–H and O–H groups in total. The summed E-state index contributed by atoms with van der Waals surface area (Å²) in [5.41, 5.74) is 0.837. The van der Waals surface area contributed by atoms with Gasteiger partial charge in [-0.1, -0.05) is 26.0 Å². The number of hydrogen-bond donors (Lipinski definition) is 1. The second kappa shape index (κ2) is 4.65. The summed E-state index contributed by atoms with van der Waals surface area (Å²) >= 11 is 0. The lowest BCUT2D eigenvalue weighted by Gasteiger charge is -2.06. The average Bonchev–Trinajstić information content (AvgIpc) is 2.04. The van der Waals surface area contributed by atoms with Crippen LogP contribution in [0.25, 0.3) is 0 Å². The molecule has 1 amide bonds. The van der Waals surface area contributed by atoms with Crippen LogP contribution in [0.4, 0.5) is 5.69 Å². The first-order valence-electron chi connectivity index (χ1n) is 4.44. The highest BCUT2D eigenvalue weighted by Crippen LogP contribution is 2.07. The smallest absolute Gasteiger partial charge is 0.224 e. The van der Waals surface area contributed by atoms with E-state index in [-0.39, 0.29) is 5.91 Å². The van der Waals surface area contributed by atoms with E-state index in [1.165, 1.54) is 0 Å². The third-order valence-electron chi connectivity index (χ3n) is 1.60. The van der Waals surface area contributed by atoms with E-state index in [1.807, 2.05) is 26.0 Å². The first kappa shape index (κ1) is 9.78. The van der Waals surface area contributed by atoms with Gasteiger partial charge in [-0.05, 0) is 24.1 Å². The van der Waals surface area contributed by atoms with Crippen molar-refractivity contribution in [1.82, 2.24) is 0 Å². The molecule has 0 saturated carbocycles. The minimum atomic E-state index is 0.0706. The Morgan fingerprint density at radius 2 is 2.08 bits per heavy atom. The quantitative estimate of drug-likeness (QED) is 0.753. The van der Waals surface area contributed by atoms with Gasteiger partial charge in [-0.2, -0.15) is 0 Å². The van der Waals surface area contributed by atoms with Gasteiger partial charge in [0.1, 0.15) is 0 Å². The van der Waals surface area contributed by atoms with Crippen LogP contribution in [0.1, 0.15) is 20.3 Å². The average molecular weight is 176 g/mol. The molecule has 1 aromatic carbocycles. The lowest BCUT2D eigenvalue weighted by Crippen LogP contribution is -2.13. The molecule has 0 saturated heterocycles. The molecule has 0 spiro atoms. The van der Waals surface area contributed by atoms with Crippen LogP contribution in [0.5, 0.6) is 0 Å². The van der Waals surface area contributed by atoms with Crippen molar-refractivity contribution in [3.63, 3.8) is 0 Å². The Balaban J connectivity index is 2.46. The molecule has 0 unspecified atom stereocenters. The Kier molecular flexibility index (Phi) is 3.50. The van der Waals surface area contributed by atoms with Gasteiger partial charge in [0.25, 0.3) is 0 Å². The number of carbonyl (C=O) groups excluding carboxylic acids is 1. The maximum Gasteiger partial charge on any atom is 0.224 e. The molecule has 0 atom stereocenters. The summed E-state index contributed by atoms with van der Waals surface area (Å²) in [6.45, 7) is 4.05. The van der Waals surface area contributed by atoms with Crippen molar-refractivity contribution >= 4 is 11.6 Å². The van der Waals surface area contributed by atoms with Crippen LogP contribution < -0.4 is 5.32 Å². The molecular weight excluding hydrogens is 162 g/mol. The third kappa shape index (κ3) is 3.74. The molecule has 0 aromatic heterocycles. The Hall–Kier alpha value is -1.31. The van der Waals surface area contributed by atoms with E-state index in [2.05, 4.69) is 11.4 Å². The number of nitrogens with one attached hydrogen (secondary N) is 1. The Bertz CT molecular complexity index is 267. The first-order chi connectivity index (χ1) is 6.18. The maximum absolute atomic E-state index is 11.3. The topological polar surface area (TPSA) is 29.1 Å². The van der Waals surface area contributed by atoms with Gasteiger partial charge in [0.15, 0.2) is 0 Å². The zero-order valence-corrected chi connectivity index (χ0v) is 8.00. The van der Waals surface area contributed by atoms with Crippen LogP contribution in [0, 0.1) is 12.0 Å². The molecule has 13 heavy (non-hydrogen) atoms. The van der Waals surface area contributed by atoms with Crippen molar-refractivity contribution in [2.75, 3.05) is 5.32 Å². The van der Waals surface area contributed by atoms with Crippen molar-refractivity contribution in [2.45, 2.75) is 20.3 Å². The molecule has 0 aliphatic carbocycles. The molecule has 0 fully saturated rings. The number of amides is 1. The van der Waals surface area contributed by atoms with Crippen LogP contribution in [0.15, 0.2) is 24.3 Å². The predicted octanol–water partition coefficient (Wildman–Crippen LogP) is 2.47. The molecule has 1 aromatic rings. The van der Waals surface area contributed by atoms with E-state index >= 15 is 0 Å². The van der Waals surface area contributed by atoms with Gasteiger partial charge in [0.2, 0.25) is 5.91 Å². The van der Waals surface area contributed by atoms with Crippen molar-refractivity contribution in [3.8, 4) is 0 Å². The number of carbonyl (C=O) groups is 1. The van der Waals surface area contributed by atoms with Crippen molar-refractivity contribution in [3.05, 3.63) is 30.3 Å². The van der Waals surface area contributed by atoms with Gasteiger partial charge in [0.05, 0.1) is 0 Å². The lowest BCUT2D eigenvalue weighted by atomic mass is 10.1. The Morgan fingerprint density at radius 1 is 1.46 bits per heavy atom. The fourth-order valence-electron chi connectivity index (χ4n) is 1.05. The van der Waals surface area contributed by atoms with E-state index < -0.39 is 0 Å². The second-order valence-corrected chi connectivity index (χ2v) is 3.43. The highest BCUT2D eigenvalue weighted by atomic mass is 16.1. The summed E-state index contributed by atoms with van der Waals surface area (Å²) in [6, 6.07) is 10.1. The molecule has 1 radical (unpaired) electrons. The van der Waals surface area contributed by atoms with E-state index in [0.717, 1.165) is 5.69 Å². The highest BCUT2D eigenvalue weighted by Gasteiger charge is 2.03. The summed E-state index contributed by atoms with van der Waals surface area (Å²) in [6.07, 6.45) is 0.568. The van der Waals surface area contributed by atoms with Crippen molar-refractivity contribution in [1.29, 1.82) is 0 Å². The van der Waals surface area contributed by atoms with Gasteiger partial charge >= 0.3 is 0 Å². The molecule has 0 heterocycles. The lowest BCUT2D eigenvalue weighted by molar-refractivity contribution is -0.116. The zero-order valence-electron chi connectivity index (χ0n) is 8.00. The fourth-order valence-corrected chi connectivity index (χ4v) is 1.05. The largest absolute Gasteiger partial charge is 0.326 e. The molecule has 0 aliphatic rings. The molecule has 0 bridgehead atoms. The number of anilines is 1. The van der Waals surface area contributed by atoms with E-state index in [1.54, 1.807) is 12.1 Å². The minimum Gasteiger partial charge on any atom is -0.326 e. The standard InChI is InChI=1S/C11H14NO/c1-9(2)8-11(13)12-10-6-4-3-5-7-10/h4-7,9H,8H2,1-2H3,(H,12,13). The number of hydrogen-bond acceptors (Lipinski definition) is 1. The van der Waals surface area contributed by atoms with Crippen molar-refractivity contribution < 1.29 is 4.79 Å². The van der Waals surface area contributed by atoms with Gasteiger partial charge in [-0.3, -0.25) is 4.79 Å². The van der Waals surface area contributed by atoms with E-state index in [4.69, 9.17) is 0 Å². The summed E-state index contributed by atoms with van der Waals surface area (Å²) in [4.78, 5) is 11.3. The summed E-state index contributed by atoms with van der Waals surface area (Å²) in [7, 11) is 0. The normalized spacial score (nSPS) is 10.1. The molecule has 1 rings (SSSR count). The van der Waals surface area contributed by atoms with Crippen LogP contribution in [0.2, 0.25) is 0 Å². The van der Waals surface area contributed by atoms with Crippen molar-refractivity contribution in [2.24, 2.45) is 5.92 Å². The summed E-state index contributed by atoms with van der Waals surface area (Å²) in [5.74, 6) is 0.469.